The van der Waals surface area contributed by atoms with Gasteiger partial charge in [-0.05, 0) is 24.3 Å². The maximum Gasteiger partial charge on any atom is 0.183 e. The molecule has 0 unspecified atom stereocenters. The van der Waals surface area contributed by atoms with Crippen LogP contribution in [-0.2, 0) is 11.3 Å². The Labute approximate surface area is 120 Å². The Kier molecular flexibility index (Phi) is 3.87. The van der Waals surface area contributed by atoms with Crippen LogP contribution in [0, 0.1) is 0 Å². The summed E-state index contributed by atoms with van der Waals surface area (Å²) in [4.78, 5) is 5.11. The zero-order chi connectivity index (χ0) is 13.1. The Bertz CT molecular complexity index is 540. The number of nitrogens with one attached hydrogen (secondary N) is 1. The van der Waals surface area contributed by atoms with E-state index in [9.17, 15) is 0 Å². The van der Waals surface area contributed by atoms with E-state index >= 15 is 0 Å². The van der Waals surface area contributed by atoms with Crippen molar-refractivity contribution in [2.75, 3.05) is 18.5 Å². The van der Waals surface area contributed by atoms with Crippen molar-refractivity contribution >= 4 is 28.6 Å². The van der Waals surface area contributed by atoms with Crippen molar-refractivity contribution in [3.05, 3.63) is 39.8 Å². The van der Waals surface area contributed by atoms with E-state index in [-0.39, 0.29) is 6.10 Å². The van der Waals surface area contributed by atoms with Crippen molar-refractivity contribution in [3.8, 4) is 5.75 Å². The Morgan fingerprint density at radius 2 is 2.16 bits per heavy atom. The number of benzene rings is 1. The zero-order valence-electron chi connectivity index (χ0n) is 10.1. The van der Waals surface area contributed by atoms with Gasteiger partial charge in [0.2, 0.25) is 0 Å². The molecule has 0 amide bonds. The van der Waals surface area contributed by atoms with Gasteiger partial charge < -0.3 is 14.8 Å². The van der Waals surface area contributed by atoms with Crippen LogP contribution < -0.4 is 10.1 Å². The smallest absolute Gasteiger partial charge is 0.183 e. The van der Waals surface area contributed by atoms with Gasteiger partial charge in [0.1, 0.15) is 11.9 Å². The molecule has 19 heavy (non-hydrogen) atoms. The molecule has 0 saturated carbocycles. The highest BCUT2D eigenvalue weighted by molar-refractivity contribution is 7.15. The number of ether oxygens (including phenoxy) is 2. The second kappa shape index (κ2) is 5.77. The molecule has 100 valence electrons. The number of hydrogen-bond donors (Lipinski definition) is 1. The van der Waals surface area contributed by atoms with E-state index in [4.69, 9.17) is 21.1 Å². The third-order valence-corrected chi connectivity index (χ3v) is 3.87. The summed E-state index contributed by atoms with van der Waals surface area (Å²) in [6.07, 6.45) is 1.99. The number of halogens is 1. The molecule has 0 spiro atoms. The summed E-state index contributed by atoms with van der Waals surface area (Å²) < 4.78 is 11.3. The van der Waals surface area contributed by atoms with E-state index in [2.05, 4.69) is 10.3 Å². The van der Waals surface area contributed by atoms with Crippen LogP contribution >= 0.6 is 22.9 Å². The monoisotopic (exact) mass is 296 g/mol. The molecule has 0 bridgehead atoms. The van der Waals surface area contributed by atoms with Gasteiger partial charge in [0, 0.05) is 16.8 Å². The Hall–Kier alpha value is -1.30. The lowest BCUT2D eigenvalue weighted by Crippen LogP contribution is -2.38. The highest BCUT2D eigenvalue weighted by Crippen LogP contribution is 2.21. The second-order valence-corrected chi connectivity index (χ2v) is 5.93. The fourth-order valence-corrected chi connectivity index (χ4v) is 2.60. The predicted molar refractivity (Wildman–Crippen MR) is 76.1 cm³/mol. The lowest BCUT2D eigenvalue weighted by atomic mass is 10.2. The molecular weight excluding hydrogens is 284 g/mol. The lowest BCUT2D eigenvalue weighted by molar-refractivity contribution is -0.0796. The number of hydrogen-bond acceptors (Lipinski definition) is 5. The first-order chi connectivity index (χ1) is 9.29. The topological polar surface area (TPSA) is 43.4 Å². The highest BCUT2D eigenvalue weighted by atomic mass is 35.5. The fraction of sp³-hybridized carbons (Fsp3) is 0.308. The van der Waals surface area contributed by atoms with Crippen LogP contribution in [0.2, 0.25) is 4.47 Å². The summed E-state index contributed by atoms with van der Waals surface area (Å²) in [7, 11) is 0. The van der Waals surface area contributed by atoms with Crippen molar-refractivity contribution in [1.29, 1.82) is 0 Å². The molecule has 1 fully saturated rings. The first kappa shape index (κ1) is 12.7. The summed E-state index contributed by atoms with van der Waals surface area (Å²) in [5.74, 6) is 0.875. The largest absolute Gasteiger partial charge is 0.486 e. The summed E-state index contributed by atoms with van der Waals surface area (Å²) in [5, 5.41) is 3.31. The molecular formula is C13H13ClN2O2S. The molecule has 2 aromatic rings. The molecule has 2 heterocycles. The Morgan fingerprint density at radius 1 is 1.37 bits per heavy atom. The van der Waals surface area contributed by atoms with Gasteiger partial charge in [-0.2, -0.15) is 0 Å². The number of thiazole rings is 1. The molecule has 1 aromatic carbocycles. The van der Waals surface area contributed by atoms with Gasteiger partial charge in [-0.15, -0.1) is 11.3 Å². The van der Waals surface area contributed by atoms with Gasteiger partial charge in [0.25, 0.3) is 0 Å². The van der Waals surface area contributed by atoms with Crippen molar-refractivity contribution in [2.24, 2.45) is 0 Å². The fourth-order valence-electron chi connectivity index (χ4n) is 1.68. The molecule has 1 aliphatic heterocycles. The molecule has 1 saturated heterocycles. The predicted octanol–water partition coefficient (Wildman–Crippen LogP) is 3.19. The van der Waals surface area contributed by atoms with Gasteiger partial charge in [-0.25, -0.2) is 4.98 Å². The molecule has 1 N–H and O–H groups in total. The van der Waals surface area contributed by atoms with Crippen LogP contribution in [0.25, 0.3) is 0 Å². The first-order valence-electron chi connectivity index (χ1n) is 5.98. The molecule has 1 aliphatic rings. The minimum absolute atomic E-state index is 0.207. The van der Waals surface area contributed by atoms with Crippen LogP contribution in [0.5, 0.6) is 5.75 Å². The molecule has 0 atom stereocenters. The number of aromatic nitrogens is 1. The molecule has 3 rings (SSSR count). The van der Waals surface area contributed by atoms with E-state index in [0.29, 0.717) is 17.7 Å². The maximum atomic E-state index is 5.78. The molecule has 6 heteroatoms. The van der Waals surface area contributed by atoms with E-state index in [1.54, 1.807) is 6.20 Å². The number of anilines is 1. The van der Waals surface area contributed by atoms with Gasteiger partial charge in [-0.3, -0.25) is 0 Å². The normalized spacial score (nSPS) is 15.0. The lowest BCUT2D eigenvalue weighted by Gasteiger charge is -2.26. The standard InChI is InChI=1S/C13H13ClN2O2S/c14-13-16-6-12(19-13)5-15-9-1-3-10(4-2-9)18-11-7-17-8-11/h1-4,6,11,15H,5,7-8H2. The molecule has 1 aromatic heterocycles. The van der Waals surface area contributed by atoms with Gasteiger partial charge in [-0.1, -0.05) is 11.6 Å². The molecule has 0 aliphatic carbocycles. The molecule has 0 radical (unpaired) electrons. The maximum absolute atomic E-state index is 5.78. The second-order valence-electron chi connectivity index (χ2n) is 4.23. The van der Waals surface area contributed by atoms with Crippen LogP contribution in [-0.4, -0.2) is 24.3 Å². The van der Waals surface area contributed by atoms with E-state index in [1.807, 2.05) is 24.3 Å². The number of nitrogens with zero attached hydrogens (tertiary/aromatic N) is 1. The number of rotatable bonds is 5. The Balaban J connectivity index is 1.53. The quantitative estimate of drug-likeness (QED) is 0.920. The van der Waals surface area contributed by atoms with Gasteiger partial charge in [0.05, 0.1) is 19.8 Å². The van der Waals surface area contributed by atoms with E-state index < -0.39 is 0 Å². The summed E-state index contributed by atoms with van der Waals surface area (Å²) >= 11 is 7.27. The average molecular weight is 297 g/mol. The van der Waals surface area contributed by atoms with Crippen molar-refractivity contribution in [2.45, 2.75) is 12.6 Å². The summed E-state index contributed by atoms with van der Waals surface area (Å²) in [6.45, 7) is 2.10. The summed E-state index contributed by atoms with van der Waals surface area (Å²) in [5.41, 5.74) is 1.04. The Morgan fingerprint density at radius 3 is 2.74 bits per heavy atom. The molecule has 4 nitrogen and oxygen atoms in total. The van der Waals surface area contributed by atoms with Crippen LogP contribution in [0.1, 0.15) is 4.88 Å². The first-order valence-corrected chi connectivity index (χ1v) is 7.17. The van der Waals surface area contributed by atoms with Gasteiger partial charge >= 0.3 is 0 Å². The van der Waals surface area contributed by atoms with E-state index in [1.165, 1.54) is 11.3 Å². The van der Waals surface area contributed by atoms with E-state index in [0.717, 1.165) is 22.9 Å². The third kappa shape index (κ3) is 3.37. The van der Waals surface area contributed by atoms with Crippen LogP contribution in [0.4, 0.5) is 5.69 Å². The third-order valence-electron chi connectivity index (χ3n) is 2.76. The van der Waals surface area contributed by atoms with Gasteiger partial charge in [0.15, 0.2) is 4.47 Å². The average Bonchev–Trinajstić information content (AvgIpc) is 2.79. The SMILES string of the molecule is Clc1ncc(CNc2ccc(OC3COC3)cc2)s1. The van der Waals surface area contributed by atoms with Crippen molar-refractivity contribution < 1.29 is 9.47 Å². The minimum Gasteiger partial charge on any atom is -0.486 e. The summed E-state index contributed by atoms with van der Waals surface area (Å²) in [6, 6.07) is 7.91. The highest BCUT2D eigenvalue weighted by Gasteiger charge is 2.19. The van der Waals surface area contributed by atoms with Crippen molar-refractivity contribution in [3.63, 3.8) is 0 Å². The zero-order valence-corrected chi connectivity index (χ0v) is 11.7. The van der Waals surface area contributed by atoms with Crippen LogP contribution in [0.15, 0.2) is 30.5 Å². The van der Waals surface area contributed by atoms with Crippen LogP contribution in [0.3, 0.4) is 0 Å². The van der Waals surface area contributed by atoms with Crippen molar-refractivity contribution in [1.82, 2.24) is 4.98 Å². The minimum atomic E-state index is 0.207.